The summed E-state index contributed by atoms with van der Waals surface area (Å²) in [5, 5.41) is 6.82. The first-order chi connectivity index (χ1) is 11.8. The number of carbonyl (C=O) groups excluding carboxylic acids is 2. The summed E-state index contributed by atoms with van der Waals surface area (Å²) in [5.74, 6) is 1.25. The summed E-state index contributed by atoms with van der Waals surface area (Å²) in [4.78, 5) is 32.5. The van der Waals surface area contributed by atoms with Crippen LogP contribution in [0.15, 0.2) is 4.52 Å². The van der Waals surface area contributed by atoms with E-state index >= 15 is 0 Å². The Labute approximate surface area is 147 Å². The SMILES string of the molecule is CC(C)(C)c1noc(CCC(=O)N2CCC[C@H](N3CCNC3=O)C2)n1. The number of rotatable bonds is 4. The second kappa shape index (κ2) is 7.01. The molecule has 8 heteroatoms. The number of aryl methyl sites for hydroxylation is 1. The summed E-state index contributed by atoms with van der Waals surface area (Å²) in [6, 6.07) is 0.107. The Hall–Kier alpha value is -2.12. The van der Waals surface area contributed by atoms with Crippen LogP contribution in [0.2, 0.25) is 0 Å². The van der Waals surface area contributed by atoms with Crippen molar-refractivity contribution in [1.29, 1.82) is 0 Å². The molecule has 2 fully saturated rings. The van der Waals surface area contributed by atoms with E-state index in [1.54, 1.807) is 0 Å². The molecule has 3 amide bonds. The number of piperidine rings is 1. The van der Waals surface area contributed by atoms with Crippen molar-refractivity contribution in [2.45, 2.75) is 57.9 Å². The third kappa shape index (κ3) is 4.11. The standard InChI is InChI=1S/C17H27N5O3/c1-17(2,3)15-19-13(25-20-15)6-7-14(23)21-9-4-5-12(11-21)22-10-8-18-16(22)24/h12H,4-11H2,1-3H3,(H,18,24)/t12-/m0/s1. The Bertz CT molecular complexity index is 636. The van der Waals surface area contributed by atoms with Crippen LogP contribution in [-0.4, -0.2) is 64.1 Å². The molecule has 25 heavy (non-hydrogen) atoms. The first-order valence-corrected chi connectivity index (χ1v) is 9.00. The maximum Gasteiger partial charge on any atom is 0.317 e. The van der Waals surface area contributed by atoms with Crippen LogP contribution in [0.3, 0.4) is 0 Å². The zero-order valence-corrected chi connectivity index (χ0v) is 15.2. The number of likely N-dealkylation sites (tertiary alicyclic amines) is 1. The van der Waals surface area contributed by atoms with E-state index in [4.69, 9.17) is 4.52 Å². The van der Waals surface area contributed by atoms with Crippen LogP contribution in [0.4, 0.5) is 4.79 Å². The fraction of sp³-hybridized carbons (Fsp3) is 0.765. The van der Waals surface area contributed by atoms with Crippen molar-refractivity contribution in [3.63, 3.8) is 0 Å². The number of carbonyl (C=O) groups is 2. The molecule has 0 aromatic carbocycles. The van der Waals surface area contributed by atoms with Gasteiger partial charge in [-0.1, -0.05) is 25.9 Å². The highest BCUT2D eigenvalue weighted by Crippen LogP contribution is 2.20. The fourth-order valence-electron chi connectivity index (χ4n) is 3.30. The van der Waals surface area contributed by atoms with Crippen molar-refractivity contribution < 1.29 is 14.1 Å². The van der Waals surface area contributed by atoms with Gasteiger partial charge in [-0.05, 0) is 12.8 Å². The number of hydrogen-bond donors (Lipinski definition) is 1. The summed E-state index contributed by atoms with van der Waals surface area (Å²) < 4.78 is 5.25. The van der Waals surface area contributed by atoms with Gasteiger partial charge in [0.2, 0.25) is 11.8 Å². The van der Waals surface area contributed by atoms with Gasteiger partial charge in [-0.15, -0.1) is 0 Å². The normalized spacial score (nSPS) is 21.6. The lowest BCUT2D eigenvalue weighted by molar-refractivity contribution is -0.133. The van der Waals surface area contributed by atoms with Crippen LogP contribution >= 0.6 is 0 Å². The first kappa shape index (κ1) is 17.7. The van der Waals surface area contributed by atoms with Gasteiger partial charge in [0.25, 0.3) is 0 Å². The second-order valence-corrected chi connectivity index (χ2v) is 7.82. The molecule has 1 aromatic heterocycles. The Morgan fingerprint density at radius 1 is 1.36 bits per heavy atom. The van der Waals surface area contributed by atoms with Gasteiger partial charge in [-0.2, -0.15) is 4.98 Å². The van der Waals surface area contributed by atoms with E-state index in [-0.39, 0.29) is 23.4 Å². The maximum atomic E-state index is 12.5. The Kier molecular flexibility index (Phi) is 4.96. The molecule has 0 aliphatic carbocycles. The predicted octanol–water partition coefficient (Wildman–Crippen LogP) is 1.32. The molecule has 3 heterocycles. The van der Waals surface area contributed by atoms with E-state index < -0.39 is 0 Å². The van der Waals surface area contributed by atoms with E-state index in [2.05, 4.69) is 15.5 Å². The maximum absolute atomic E-state index is 12.5. The summed E-state index contributed by atoms with van der Waals surface area (Å²) in [6.07, 6.45) is 2.68. The molecule has 2 saturated heterocycles. The zero-order chi connectivity index (χ0) is 18.0. The number of nitrogens with zero attached hydrogens (tertiary/aromatic N) is 4. The monoisotopic (exact) mass is 349 g/mol. The lowest BCUT2D eigenvalue weighted by atomic mass is 9.96. The minimum atomic E-state index is -0.165. The summed E-state index contributed by atoms with van der Waals surface area (Å²) in [7, 11) is 0. The molecular formula is C17H27N5O3. The second-order valence-electron chi connectivity index (χ2n) is 7.82. The van der Waals surface area contributed by atoms with E-state index in [0.717, 1.165) is 25.9 Å². The first-order valence-electron chi connectivity index (χ1n) is 9.00. The molecule has 0 radical (unpaired) electrons. The van der Waals surface area contributed by atoms with Crippen molar-refractivity contribution in [3.05, 3.63) is 11.7 Å². The third-order valence-corrected chi connectivity index (χ3v) is 4.77. The number of aromatic nitrogens is 2. The predicted molar refractivity (Wildman–Crippen MR) is 91.0 cm³/mol. The van der Waals surface area contributed by atoms with Gasteiger partial charge < -0.3 is 19.6 Å². The van der Waals surface area contributed by atoms with E-state index in [0.29, 0.717) is 37.6 Å². The molecule has 1 aromatic rings. The molecule has 2 aliphatic rings. The molecule has 1 N–H and O–H groups in total. The smallest absolute Gasteiger partial charge is 0.317 e. The van der Waals surface area contributed by atoms with Crippen molar-refractivity contribution >= 4 is 11.9 Å². The Balaban J connectivity index is 1.52. The average Bonchev–Trinajstić information content (AvgIpc) is 3.21. The molecule has 2 aliphatic heterocycles. The van der Waals surface area contributed by atoms with Crippen LogP contribution in [-0.2, 0) is 16.6 Å². The van der Waals surface area contributed by atoms with Gasteiger partial charge in [0, 0.05) is 44.4 Å². The van der Waals surface area contributed by atoms with Crippen LogP contribution in [0.5, 0.6) is 0 Å². The molecule has 8 nitrogen and oxygen atoms in total. The van der Waals surface area contributed by atoms with Crippen molar-refractivity contribution in [2.24, 2.45) is 0 Å². The highest BCUT2D eigenvalue weighted by atomic mass is 16.5. The van der Waals surface area contributed by atoms with Crippen LogP contribution < -0.4 is 5.32 Å². The molecular weight excluding hydrogens is 322 g/mol. The molecule has 138 valence electrons. The van der Waals surface area contributed by atoms with Gasteiger partial charge in [0.15, 0.2) is 5.82 Å². The third-order valence-electron chi connectivity index (χ3n) is 4.77. The van der Waals surface area contributed by atoms with Gasteiger partial charge in [0.1, 0.15) is 0 Å². The summed E-state index contributed by atoms with van der Waals surface area (Å²) >= 11 is 0. The number of urea groups is 1. The molecule has 1 atom stereocenters. The van der Waals surface area contributed by atoms with Gasteiger partial charge >= 0.3 is 6.03 Å². The van der Waals surface area contributed by atoms with Crippen molar-refractivity contribution in [2.75, 3.05) is 26.2 Å². The number of hydrogen-bond acceptors (Lipinski definition) is 5. The van der Waals surface area contributed by atoms with Gasteiger partial charge in [0.05, 0.1) is 6.04 Å². The minimum Gasteiger partial charge on any atom is -0.341 e. The quantitative estimate of drug-likeness (QED) is 0.885. The lowest BCUT2D eigenvalue weighted by Gasteiger charge is -2.37. The van der Waals surface area contributed by atoms with E-state index in [9.17, 15) is 9.59 Å². The average molecular weight is 349 g/mol. The van der Waals surface area contributed by atoms with Crippen molar-refractivity contribution in [1.82, 2.24) is 25.3 Å². The highest BCUT2D eigenvalue weighted by Gasteiger charge is 2.32. The molecule has 0 bridgehead atoms. The fourth-order valence-corrected chi connectivity index (χ4v) is 3.30. The van der Waals surface area contributed by atoms with Crippen LogP contribution in [0.1, 0.15) is 51.7 Å². The van der Waals surface area contributed by atoms with Crippen molar-refractivity contribution in [3.8, 4) is 0 Å². The molecule has 0 unspecified atom stereocenters. The summed E-state index contributed by atoms with van der Waals surface area (Å²) in [6.45, 7) is 8.85. The Morgan fingerprint density at radius 3 is 2.80 bits per heavy atom. The van der Waals surface area contributed by atoms with Gasteiger partial charge in [-0.25, -0.2) is 4.79 Å². The number of amides is 3. The largest absolute Gasteiger partial charge is 0.341 e. The van der Waals surface area contributed by atoms with E-state index in [1.807, 2.05) is 30.6 Å². The molecule has 0 spiro atoms. The minimum absolute atomic E-state index is 0.0140. The van der Waals surface area contributed by atoms with Crippen LogP contribution in [0, 0.1) is 0 Å². The van der Waals surface area contributed by atoms with Crippen LogP contribution in [0.25, 0.3) is 0 Å². The van der Waals surface area contributed by atoms with E-state index in [1.165, 1.54) is 0 Å². The summed E-state index contributed by atoms with van der Waals surface area (Å²) in [5.41, 5.74) is -0.165. The highest BCUT2D eigenvalue weighted by molar-refractivity contribution is 5.78. The molecule has 0 saturated carbocycles. The topological polar surface area (TPSA) is 91.6 Å². The molecule has 3 rings (SSSR count). The Morgan fingerprint density at radius 2 is 2.16 bits per heavy atom. The number of nitrogens with one attached hydrogen (secondary N) is 1. The van der Waals surface area contributed by atoms with Gasteiger partial charge in [-0.3, -0.25) is 4.79 Å². The lowest BCUT2D eigenvalue weighted by Crippen LogP contribution is -2.50. The zero-order valence-electron chi connectivity index (χ0n) is 15.2.